The number of likely N-dealkylation sites (tertiary alicyclic amines) is 1. The van der Waals surface area contributed by atoms with Crippen LogP contribution in [0.15, 0.2) is 42.5 Å². The van der Waals surface area contributed by atoms with Gasteiger partial charge in [0, 0.05) is 38.3 Å². The van der Waals surface area contributed by atoms with Crippen molar-refractivity contribution in [1.82, 2.24) is 10.2 Å². The van der Waals surface area contributed by atoms with Crippen LogP contribution in [-0.2, 0) is 24.4 Å². The Labute approximate surface area is 168 Å². The molecule has 1 aliphatic heterocycles. The van der Waals surface area contributed by atoms with E-state index in [1.807, 2.05) is 12.1 Å². The average Bonchev–Trinajstić information content (AvgIpc) is 2.73. The van der Waals surface area contributed by atoms with Crippen LogP contribution in [0.2, 0.25) is 0 Å². The normalized spacial score (nSPS) is 17.5. The summed E-state index contributed by atoms with van der Waals surface area (Å²) in [5, 5.41) is 3.74. The predicted molar refractivity (Wildman–Crippen MR) is 112 cm³/mol. The highest BCUT2D eigenvalue weighted by Gasteiger charge is 2.19. The molecule has 0 bridgehead atoms. The summed E-state index contributed by atoms with van der Waals surface area (Å²) in [7, 11) is 5.13. The highest BCUT2D eigenvalue weighted by atomic mass is 16.5. The van der Waals surface area contributed by atoms with Crippen molar-refractivity contribution in [1.29, 1.82) is 0 Å². The van der Waals surface area contributed by atoms with Crippen LogP contribution in [0.1, 0.15) is 29.5 Å². The van der Waals surface area contributed by atoms with Crippen LogP contribution >= 0.6 is 0 Å². The number of nitrogens with one attached hydrogen (secondary N) is 1. The fourth-order valence-electron chi connectivity index (χ4n) is 3.87. The first-order valence-corrected chi connectivity index (χ1v) is 9.95. The van der Waals surface area contributed by atoms with E-state index in [-0.39, 0.29) is 0 Å². The van der Waals surface area contributed by atoms with E-state index in [1.165, 1.54) is 24.0 Å². The Bertz CT molecular complexity index is 750. The van der Waals surface area contributed by atoms with E-state index >= 15 is 0 Å². The second-order valence-corrected chi connectivity index (χ2v) is 7.39. The van der Waals surface area contributed by atoms with Gasteiger partial charge in [-0.3, -0.25) is 4.90 Å². The van der Waals surface area contributed by atoms with Gasteiger partial charge in [-0.05, 0) is 54.8 Å². The Morgan fingerprint density at radius 1 is 1.04 bits per heavy atom. The van der Waals surface area contributed by atoms with Gasteiger partial charge in [0.1, 0.15) is 11.5 Å². The highest BCUT2D eigenvalue weighted by molar-refractivity contribution is 5.37. The quantitative estimate of drug-likeness (QED) is 0.716. The summed E-state index contributed by atoms with van der Waals surface area (Å²) < 4.78 is 16.1. The maximum absolute atomic E-state index is 5.42. The number of piperidine rings is 1. The largest absolute Gasteiger partial charge is 0.497 e. The van der Waals surface area contributed by atoms with Crippen LogP contribution < -0.4 is 14.8 Å². The molecule has 1 atom stereocenters. The molecule has 5 nitrogen and oxygen atoms in total. The summed E-state index contributed by atoms with van der Waals surface area (Å²) in [5.41, 5.74) is 3.66. The Hall–Kier alpha value is -2.08. The molecule has 0 spiro atoms. The molecular weight excluding hydrogens is 352 g/mol. The molecule has 1 heterocycles. The minimum absolute atomic E-state index is 0.507. The molecule has 1 saturated heterocycles. The SMILES string of the molecule is COCc1cc(CNC2CCCN(Cc3cccc(OC)c3)C2)ccc1OC. The monoisotopic (exact) mass is 384 g/mol. The lowest BCUT2D eigenvalue weighted by Gasteiger charge is -2.33. The standard InChI is InChI=1S/C23H32N2O3/c1-26-17-20-12-18(9-10-23(20)28-3)14-24-21-7-5-11-25(16-21)15-19-6-4-8-22(13-19)27-2/h4,6,8-10,12-13,21,24H,5,7,11,14-17H2,1-3H3. The summed E-state index contributed by atoms with van der Waals surface area (Å²) in [6.07, 6.45) is 2.44. The number of ether oxygens (including phenoxy) is 3. The number of methoxy groups -OCH3 is 3. The molecule has 1 unspecified atom stereocenters. The van der Waals surface area contributed by atoms with Crippen LogP contribution in [0.3, 0.4) is 0 Å². The zero-order valence-corrected chi connectivity index (χ0v) is 17.2. The van der Waals surface area contributed by atoms with Gasteiger partial charge < -0.3 is 19.5 Å². The van der Waals surface area contributed by atoms with Crippen LogP contribution in [0.4, 0.5) is 0 Å². The smallest absolute Gasteiger partial charge is 0.124 e. The van der Waals surface area contributed by atoms with E-state index in [0.717, 1.165) is 43.2 Å². The lowest BCUT2D eigenvalue weighted by atomic mass is 10.0. The number of hydrogen-bond donors (Lipinski definition) is 1. The first-order chi connectivity index (χ1) is 13.7. The number of nitrogens with zero attached hydrogens (tertiary/aromatic N) is 1. The molecule has 2 aromatic rings. The lowest BCUT2D eigenvalue weighted by molar-refractivity contribution is 0.180. The van der Waals surface area contributed by atoms with Crippen molar-refractivity contribution in [3.05, 3.63) is 59.2 Å². The van der Waals surface area contributed by atoms with Gasteiger partial charge in [-0.25, -0.2) is 0 Å². The third kappa shape index (κ3) is 5.71. The fraction of sp³-hybridized carbons (Fsp3) is 0.478. The van der Waals surface area contributed by atoms with E-state index in [1.54, 1.807) is 21.3 Å². The van der Waals surface area contributed by atoms with Crippen molar-refractivity contribution in [2.24, 2.45) is 0 Å². The summed E-state index contributed by atoms with van der Waals surface area (Å²) >= 11 is 0. The van der Waals surface area contributed by atoms with Crippen LogP contribution in [0.25, 0.3) is 0 Å². The van der Waals surface area contributed by atoms with Crippen LogP contribution in [-0.4, -0.2) is 45.4 Å². The minimum Gasteiger partial charge on any atom is -0.497 e. The Morgan fingerprint density at radius 2 is 1.93 bits per heavy atom. The van der Waals surface area contributed by atoms with Gasteiger partial charge >= 0.3 is 0 Å². The average molecular weight is 385 g/mol. The summed E-state index contributed by atoms with van der Waals surface area (Å²) in [6, 6.07) is 15.2. The number of hydrogen-bond acceptors (Lipinski definition) is 5. The molecule has 1 aliphatic rings. The summed E-state index contributed by atoms with van der Waals surface area (Å²) in [6.45, 7) is 4.61. The van der Waals surface area contributed by atoms with Gasteiger partial charge in [0.2, 0.25) is 0 Å². The van der Waals surface area contributed by atoms with Crippen molar-refractivity contribution in [2.45, 2.75) is 38.6 Å². The van der Waals surface area contributed by atoms with E-state index in [4.69, 9.17) is 14.2 Å². The lowest BCUT2D eigenvalue weighted by Crippen LogP contribution is -2.45. The van der Waals surface area contributed by atoms with Crippen molar-refractivity contribution in [3.8, 4) is 11.5 Å². The van der Waals surface area contributed by atoms with Crippen LogP contribution in [0, 0.1) is 0 Å². The van der Waals surface area contributed by atoms with Crippen molar-refractivity contribution in [2.75, 3.05) is 34.4 Å². The molecule has 152 valence electrons. The Morgan fingerprint density at radius 3 is 2.71 bits per heavy atom. The first-order valence-electron chi connectivity index (χ1n) is 9.95. The topological polar surface area (TPSA) is 43.0 Å². The van der Waals surface area contributed by atoms with E-state index in [2.05, 4.69) is 40.5 Å². The van der Waals surface area contributed by atoms with Gasteiger partial charge in [0.15, 0.2) is 0 Å². The van der Waals surface area contributed by atoms with Gasteiger partial charge in [-0.2, -0.15) is 0 Å². The van der Waals surface area contributed by atoms with Gasteiger partial charge in [0.05, 0.1) is 20.8 Å². The molecule has 0 amide bonds. The van der Waals surface area contributed by atoms with Crippen molar-refractivity contribution < 1.29 is 14.2 Å². The first kappa shape index (κ1) is 20.6. The molecule has 1 fully saturated rings. The van der Waals surface area contributed by atoms with Crippen molar-refractivity contribution >= 4 is 0 Å². The summed E-state index contributed by atoms with van der Waals surface area (Å²) in [4.78, 5) is 2.53. The van der Waals surface area contributed by atoms with E-state index in [9.17, 15) is 0 Å². The van der Waals surface area contributed by atoms with Gasteiger partial charge in [0.25, 0.3) is 0 Å². The Kier molecular flexibility index (Phi) is 7.71. The zero-order chi connectivity index (χ0) is 19.8. The highest BCUT2D eigenvalue weighted by Crippen LogP contribution is 2.21. The third-order valence-electron chi connectivity index (χ3n) is 5.29. The molecule has 0 aromatic heterocycles. The predicted octanol–water partition coefficient (Wildman–Crippen LogP) is 3.60. The molecule has 3 rings (SSSR count). The molecule has 0 aliphatic carbocycles. The number of benzene rings is 2. The molecular formula is C23H32N2O3. The zero-order valence-electron chi connectivity index (χ0n) is 17.2. The third-order valence-corrected chi connectivity index (χ3v) is 5.29. The fourth-order valence-corrected chi connectivity index (χ4v) is 3.87. The molecule has 0 saturated carbocycles. The molecule has 2 aromatic carbocycles. The second kappa shape index (κ2) is 10.5. The summed E-state index contributed by atoms with van der Waals surface area (Å²) in [5.74, 6) is 1.81. The molecule has 0 radical (unpaired) electrons. The van der Waals surface area contributed by atoms with E-state index < -0.39 is 0 Å². The Balaban J connectivity index is 1.54. The van der Waals surface area contributed by atoms with Gasteiger partial charge in [-0.1, -0.05) is 18.2 Å². The molecule has 1 N–H and O–H groups in total. The maximum Gasteiger partial charge on any atom is 0.124 e. The maximum atomic E-state index is 5.42. The number of rotatable bonds is 9. The van der Waals surface area contributed by atoms with Crippen LogP contribution in [0.5, 0.6) is 11.5 Å². The van der Waals surface area contributed by atoms with Crippen molar-refractivity contribution in [3.63, 3.8) is 0 Å². The van der Waals surface area contributed by atoms with E-state index in [0.29, 0.717) is 12.6 Å². The van der Waals surface area contributed by atoms with Gasteiger partial charge in [-0.15, -0.1) is 0 Å². The minimum atomic E-state index is 0.507. The molecule has 28 heavy (non-hydrogen) atoms. The molecule has 5 heteroatoms. The second-order valence-electron chi connectivity index (χ2n) is 7.39.